The number of carbonyl (C=O) groups excluding carboxylic acids is 2. The lowest BCUT2D eigenvalue weighted by Gasteiger charge is -2.36. The van der Waals surface area contributed by atoms with Crippen LogP contribution in [-0.2, 0) is 4.79 Å². The number of hydrogen-bond acceptors (Lipinski definition) is 5. The smallest absolute Gasteiger partial charge is 0.269 e. The Kier molecular flexibility index (Phi) is 5.50. The van der Waals surface area contributed by atoms with Gasteiger partial charge < -0.3 is 15.5 Å². The van der Waals surface area contributed by atoms with E-state index in [9.17, 15) is 19.7 Å². The Morgan fingerprint density at radius 1 is 1.08 bits per heavy atom. The first-order valence-electron chi connectivity index (χ1n) is 7.89. The Morgan fingerprint density at radius 3 is 2.04 bits per heavy atom. The molecule has 0 aliphatic carbocycles. The molecule has 1 atom stereocenters. The van der Waals surface area contributed by atoms with Crippen LogP contribution in [-0.4, -0.2) is 58.8 Å². The normalized spacial score (nSPS) is 16.2. The number of nitro benzene ring substituents is 1. The lowest BCUT2D eigenvalue weighted by molar-refractivity contribution is -0.384. The highest BCUT2D eigenvalue weighted by atomic mass is 16.6. The number of carbonyl (C=O) groups is 2. The van der Waals surface area contributed by atoms with E-state index in [2.05, 4.69) is 0 Å². The van der Waals surface area contributed by atoms with Gasteiger partial charge >= 0.3 is 0 Å². The van der Waals surface area contributed by atoms with Gasteiger partial charge in [0, 0.05) is 43.9 Å². The lowest BCUT2D eigenvalue weighted by Crippen LogP contribution is -2.55. The highest BCUT2D eigenvalue weighted by Gasteiger charge is 2.28. The zero-order valence-corrected chi connectivity index (χ0v) is 13.8. The van der Waals surface area contributed by atoms with Crippen LogP contribution in [0.5, 0.6) is 0 Å². The van der Waals surface area contributed by atoms with Gasteiger partial charge in [0.25, 0.3) is 11.6 Å². The van der Waals surface area contributed by atoms with E-state index in [4.69, 9.17) is 5.73 Å². The Morgan fingerprint density at radius 2 is 1.58 bits per heavy atom. The van der Waals surface area contributed by atoms with Gasteiger partial charge in [0.05, 0.1) is 11.0 Å². The van der Waals surface area contributed by atoms with E-state index < -0.39 is 11.0 Å². The molecule has 0 bridgehead atoms. The van der Waals surface area contributed by atoms with Crippen LogP contribution >= 0.6 is 0 Å². The van der Waals surface area contributed by atoms with Crippen LogP contribution in [0.1, 0.15) is 24.2 Å². The minimum absolute atomic E-state index is 0.0513. The first kappa shape index (κ1) is 17.9. The topological polar surface area (TPSA) is 110 Å². The summed E-state index contributed by atoms with van der Waals surface area (Å²) in [5, 5.41) is 10.6. The summed E-state index contributed by atoms with van der Waals surface area (Å²) < 4.78 is 0. The molecule has 0 radical (unpaired) electrons. The molecule has 2 amide bonds. The zero-order chi connectivity index (χ0) is 17.9. The summed E-state index contributed by atoms with van der Waals surface area (Å²) in [6, 6.07) is 5.00. The predicted molar refractivity (Wildman–Crippen MR) is 88.4 cm³/mol. The van der Waals surface area contributed by atoms with Crippen LogP contribution in [0, 0.1) is 16.0 Å². The minimum Gasteiger partial charge on any atom is -0.338 e. The van der Waals surface area contributed by atoms with Crippen molar-refractivity contribution in [1.29, 1.82) is 0 Å². The third kappa shape index (κ3) is 3.88. The van der Waals surface area contributed by atoms with E-state index in [-0.39, 0.29) is 23.4 Å². The van der Waals surface area contributed by atoms with Crippen LogP contribution < -0.4 is 5.73 Å². The molecule has 8 heteroatoms. The third-order valence-corrected chi connectivity index (χ3v) is 4.21. The lowest BCUT2D eigenvalue weighted by atomic mass is 10.0. The van der Waals surface area contributed by atoms with E-state index >= 15 is 0 Å². The van der Waals surface area contributed by atoms with Crippen molar-refractivity contribution in [2.24, 2.45) is 11.7 Å². The zero-order valence-electron chi connectivity index (χ0n) is 13.8. The second-order valence-electron chi connectivity index (χ2n) is 6.19. The van der Waals surface area contributed by atoms with Gasteiger partial charge in [0.1, 0.15) is 0 Å². The molecule has 2 rings (SSSR count). The van der Waals surface area contributed by atoms with Crippen molar-refractivity contribution in [3.05, 3.63) is 39.9 Å². The van der Waals surface area contributed by atoms with Crippen LogP contribution in [0.2, 0.25) is 0 Å². The molecule has 0 saturated carbocycles. The fourth-order valence-corrected chi connectivity index (χ4v) is 2.53. The maximum absolute atomic E-state index is 12.4. The SMILES string of the molecule is CC(C)[C@H](N)C(=O)N1CCN(C(=O)c2ccc([N+](=O)[O-])cc2)CC1. The van der Waals surface area contributed by atoms with Crippen LogP contribution in [0.15, 0.2) is 24.3 Å². The van der Waals surface area contributed by atoms with Crippen molar-refractivity contribution in [2.75, 3.05) is 26.2 Å². The van der Waals surface area contributed by atoms with E-state index in [0.29, 0.717) is 31.7 Å². The Balaban J connectivity index is 1.95. The molecule has 0 aromatic heterocycles. The number of rotatable bonds is 4. The average molecular weight is 334 g/mol. The fourth-order valence-electron chi connectivity index (χ4n) is 2.53. The quantitative estimate of drug-likeness (QED) is 0.649. The maximum Gasteiger partial charge on any atom is 0.269 e. The monoisotopic (exact) mass is 334 g/mol. The van der Waals surface area contributed by atoms with Crippen molar-refractivity contribution in [3.63, 3.8) is 0 Å². The number of non-ortho nitro benzene ring substituents is 1. The molecule has 1 aliphatic heterocycles. The number of piperazine rings is 1. The van der Waals surface area contributed by atoms with Crippen molar-refractivity contribution in [3.8, 4) is 0 Å². The van der Waals surface area contributed by atoms with Crippen LogP contribution in [0.25, 0.3) is 0 Å². The summed E-state index contributed by atoms with van der Waals surface area (Å²) in [6.45, 7) is 5.53. The number of nitrogens with zero attached hydrogens (tertiary/aromatic N) is 3. The molecule has 1 fully saturated rings. The van der Waals surface area contributed by atoms with Crippen molar-refractivity contribution in [1.82, 2.24) is 9.80 Å². The largest absolute Gasteiger partial charge is 0.338 e. The number of amides is 2. The highest BCUT2D eigenvalue weighted by Crippen LogP contribution is 2.15. The van der Waals surface area contributed by atoms with Gasteiger partial charge in [0.2, 0.25) is 5.91 Å². The van der Waals surface area contributed by atoms with Crippen molar-refractivity contribution in [2.45, 2.75) is 19.9 Å². The van der Waals surface area contributed by atoms with E-state index in [1.165, 1.54) is 24.3 Å². The third-order valence-electron chi connectivity index (χ3n) is 4.21. The predicted octanol–water partition coefficient (Wildman–Crippen LogP) is 0.863. The van der Waals surface area contributed by atoms with Crippen LogP contribution in [0.4, 0.5) is 5.69 Å². The Labute approximate surface area is 140 Å². The first-order valence-corrected chi connectivity index (χ1v) is 7.89. The number of benzene rings is 1. The van der Waals surface area contributed by atoms with E-state index in [0.717, 1.165) is 0 Å². The highest BCUT2D eigenvalue weighted by molar-refractivity contribution is 5.94. The molecule has 24 heavy (non-hydrogen) atoms. The van der Waals surface area contributed by atoms with Gasteiger partial charge in [-0.05, 0) is 18.1 Å². The summed E-state index contributed by atoms with van der Waals surface area (Å²) in [6.07, 6.45) is 0. The molecule has 1 aromatic rings. The fraction of sp³-hybridized carbons (Fsp3) is 0.500. The molecule has 8 nitrogen and oxygen atoms in total. The summed E-state index contributed by atoms with van der Waals surface area (Å²) >= 11 is 0. The van der Waals surface area contributed by atoms with Gasteiger partial charge in [-0.3, -0.25) is 19.7 Å². The summed E-state index contributed by atoms with van der Waals surface area (Å²) in [5.41, 5.74) is 6.24. The summed E-state index contributed by atoms with van der Waals surface area (Å²) in [5.74, 6) is -0.213. The second-order valence-corrected chi connectivity index (χ2v) is 6.19. The molecule has 1 saturated heterocycles. The molecule has 0 spiro atoms. The first-order chi connectivity index (χ1) is 11.3. The van der Waals surface area contributed by atoms with Gasteiger partial charge in [-0.15, -0.1) is 0 Å². The summed E-state index contributed by atoms with van der Waals surface area (Å²) in [4.78, 5) is 38.1. The van der Waals surface area contributed by atoms with E-state index in [1.54, 1.807) is 9.80 Å². The molecule has 130 valence electrons. The molecule has 1 aliphatic rings. The van der Waals surface area contributed by atoms with Gasteiger partial charge in [-0.25, -0.2) is 0 Å². The Hall–Kier alpha value is -2.48. The molecule has 2 N–H and O–H groups in total. The number of nitrogens with two attached hydrogens (primary N) is 1. The molecular weight excluding hydrogens is 312 g/mol. The average Bonchev–Trinajstić information content (AvgIpc) is 2.60. The molecular formula is C16H22N4O4. The molecule has 0 unspecified atom stereocenters. The second kappa shape index (κ2) is 7.39. The summed E-state index contributed by atoms with van der Waals surface area (Å²) in [7, 11) is 0. The maximum atomic E-state index is 12.4. The Bertz CT molecular complexity index is 621. The van der Waals surface area contributed by atoms with Crippen molar-refractivity contribution < 1.29 is 14.5 Å². The molecule has 1 aromatic carbocycles. The van der Waals surface area contributed by atoms with Gasteiger partial charge in [-0.2, -0.15) is 0 Å². The molecule has 1 heterocycles. The van der Waals surface area contributed by atoms with E-state index in [1.807, 2.05) is 13.8 Å². The number of hydrogen-bond donors (Lipinski definition) is 1. The number of nitro groups is 1. The van der Waals surface area contributed by atoms with Crippen molar-refractivity contribution >= 4 is 17.5 Å². The standard InChI is InChI=1S/C16H22N4O4/c1-11(2)14(17)16(22)19-9-7-18(8-10-19)15(21)12-3-5-13(6-4-12)20(23)24/h3-6,11,14H,7-10,17H2,1-2H3/t14-/m0/s1. The van der Waals surface area contributed by atoms with Gasteiger partial charge in [-0.1, -0.05) is 13.8 Å². The van der Waals surface area contributed by atoms with Crippen LogP contribution in [0.3, 0.4) is 0 Å². The van der Waals surface area contributed by atoms with Gasteiger partial charge in [0.15, 0.2) is 0 Å². The minimum atomic E-state index is -0.526.